The lowest BCUT2D eigenvalue weighted by atomic mass is 10.1. The zero-order chi connectivity index (χ0) is 16.2. The molecule has 4 rings (SSSR count). The van der Waals surface area contributed by atoms with Crippen LogP contribution in [0.5, 0.6) is 0 Å². The van der Waals surface area contributed by atoms with Crippen molar-refractivity contribution < 1.29 is 0 Å². The van der Waals surface area contributed by atoms with Crippen LogP contribution in [0.15, 0.2) is 89.8 Å². The second kappa shape index (κ2) is 6.90. The monoisotopic (exact) mass is 326 g/mol. The fourth-order valence-electron chi connectivity index (χ4n) is 2.69. The first kappa shape index (κ1) is 15.0. The largest absolute Gasteiger partial charge is 0.248 e. The zero-order valence-corrected chi connectivity index (χ0v) is 14.0. The Morgan fingerprint density at radius 1 is 0.792 bits per heavy atom. The van der Waals surface area contributed by atoms with Gasteiger partial charge in [0.25, 0.3) is 0 Å². The van der Waals surface area contributed by atoms with Crippen LogP contribution < -0.4 is 0 Å². The highest BCUT2D eigenvalue weighted by atomic mass is 32.2. The maximum absolute atomic E-state index is 4.83. The molecule has 0 atom stereocenters. The molecule has 3 aromatic carbocycles. The summed E-state index contributed by atoms with van der Waals surface area (Å²) in [4.78, 5) is 5.97. The number of thioether (sulfide) groups is 1. The van der Waals surface area contributed by atoms with Crippen LogP contribution in [0.2, 0.25) is 0 Å². The normalized spacial score (nSPS) is 10.8. The number of benzene rings is 3. The van der Waals surface area contributed by atoms with Gasteiger partial charge in [0.2, 0.25) is 0 Å². The molecule has 4 aromatic rings. The van der Waals surface area contributed by atoms with Gasteiger partial charge in [-0.2, -0.15) is 0 Å². The molecular weight excluding hydrogens is 310 g/mol. The van der Waals surface area contributed by atoms with Crippen LogP contribution in [0.1, 0.15) is 5.56 Å². The van der Waals surface area contributed by atoms with Gasteiger partial charge in [0.15, 0.2) is 0 Å². The van der Waals surface area contributed by atoms with Crippen molar-refractivity contribution in [3.8, 4) is 11.3 Å². The molecule has 0 amide bonds. The van der Waals surface area contributed by atoms with Crippen LogP contribution in [0.3, 0.4) is 0 Å². The standard InChI is InChI=1S/C22H16NS/c1-2-8-17(9-3-1)16-24-22-13-7-5-11-19(22)21-15-14-18-10-4-6-12-20(18)23-21/h1-12,14-15H,16H2. The Hall–Kier alpha value is -2.58. The minimum absolute atomic E-state index is 0.932. The molecule has 24 heavy (non-hydrogen) atoms. The maximum atomic E-state index is 4.83. The number of fused-ring (bicyclic) bond motifs is 1. The van der Waals surface area contributed by atoms with E-state index in [1.165, 1.54) is 10.9 Å². The molecule has 0 N–H and O–H groups in total. The summed E-state index contributed by atoms with van der Waals surface area (Å²) in [5, 5.41) is 1.17. The van der Waals surface area contributed by atoms with E-state index in [1.54, 1.807) is 11.8 Å². The minimum Gasteiger partial charge on any atom is -0.248 e. The fourth-order valence-corrected chi connectivity index (χ4v) is 3.67. The molecule has 2 heteroatoms. The smallest absolute Gasteiger partial charge is 0.0721 e. The summed E-state index contributed by atoms with van der Waals surface area (Å²) >= 11 is 1.80. The van der Waals surface area contributed by atoms with Crippen molar-refractivity contribution in [2.45, 2.75) is 10.6 Å². The molecule has 1 heterocycles. The van der Waals surface area contributed by atoms with E-state index in [0.717, 1.165) is 27.4 Å². The maximum Gasteiger partial charge on any atom is 0.0721 e. The summed E-state index contributed by atoms with van der Waals surface area (Å²) in [6.07, 6.45) is 0. The third kappa shape index (κ3) is 3.19. The van der Waals surface area contributed by atoms with Crippen molar-refractivity contribution >= 4 is 22.7 Å². The molecule has 0 bridgehead atoms. The van der Waals surface area contributed by atoms with Crippen molar-refractivity contribution in [2.24, 2.45) is 0 Å². The molecular formula is C22H16NS. The van der Waals surface area contributed by atoms with Crippen molar-refractivity contribution in [1.29, 1.82) is 0 Å². The molecule has 0 unspecified atom stereocenters. The Balaban J connectivity index is 1.67. The number of hydrogen-bond acceptors (Lipinski definition) is 2. The second-order valence-corrected chi connectivity index (χ2v) is 6.56. The first-order valence-corrected chi connectivity index (χ1v) is 8.92. The van der Waals surface area contributed by atoms with Gasteiger partial charge in [0.1, 0.15) is 0 Å². The molecule has 0 saturated carbocycles. The predicted octanol–water partition coefficient (Wildman–Crippen LogP) is 5.99. The van der Waals surface area contributed by atoms with Crippen molar-refractivity contribution in [3.63, 3.8) is 0 Å². The highest BCUT2D eigenvalue weighted by Crippen LogP contribution is 2.32. The Labute approximate surface area is 146 Å². The lowest BCUT2D eigenvalue weighted by Crippen LogP contribution is -1.88. The van der Waals surface area contributed by atoms with E-state index in [4.69, 9.17) is 4.98 Å². The summed E-state index contributed by atoms with van der Waals surface area (Å²) in [5.74, 6) is 0.932. The van der Waals surface area contributed by atoms with Crippen LogP contribution in [-0.2, 0) is 5.75 Å². The molecule has 0 spiro atoms. The molecule has 1 aromatic heterocycles. The third-order valence-corrected chi connectivity index (χ3v) is 5.02. The third-order valence-electron chi connectivity index (χ3n) is 3.92. The average molecular weight is 326 g/mol. The Bertz CT molecular complexity index is 963. The van der Waals surface area contributed by atoms with Gasteiger partial charge in [-0.3, -0.25) is 0 Å². The number of rotatable bonds is 4. The highest BCUT2D eigenvalue weighted by Gasteiger charge is 2.08. The summed E-state index contributed by atoms with van der Waals surface area (Å²) in [5.41, 5.74) is 4.49. The van der Waals surface area contributed by atoms with Crippen LogP contribution in [-0.4, -0.2) is 4.98 Å². The molecule has 0 fully saturated rings. The SMILES string of the molecule is [c]1cccc(-c2ccc3ccccc3n2)c1SCc1ccccc1. The van der Waals surface area contributed by atoms with Gasteiger partial charge in [0, 0.05) is 21.6 Å². The average Bonchev–Trinajstić information content (AvgIpc) is 2.67. The quantitative estimate of drug-likeness (QED) is 0.427. The molecule has 0 aliphatic heterocycles. The Kier molecular flexibility index (Phi) is 4.30. The summed E-state index contributed by atoms with van der Waals surface area (Å²) < 4.78 is 0. The van der Waals surface area contributed by atoms with Crippen molar-refractivity contribution in [2.75, 3.05) is 0 Å². The van der Waals surface area contributed by atoms with E-state index < -0.39 is 0 Å². The highest BCUT2D eigenvalue weighted by molar-refractivity contribution is 7.98. The first-order valence-electron chi connectivity index (χ1n) is 7.94. The molecule has 0 saturated heterocycles. The summed E-state index contributed by atoms with van der Waals surface area (Å²) in [7, 11) is 0. The molecule has 1 nitrogen and oxygen atoms in total. The lowest BCUT2D eigenvalue weighted by Gasteiger charge is -2.09. The van der Waals surface area contributed by atoms with Crippen LogP contribution in [0, 0.1) is 6.07 Å². The molecule has 1 radical (unpaired) electrons. The van der Waals surface area contributed by atoms with E-state index in [1.807, 2.05) is 30.3 Å². The van der Waals surface area contributed by atoms with Crippen molar-refractivity contribution in [1.82, 2.24) is 4.98 Å². The topological polar surface area (TPSA) is 12.9 Å². The Morgan fingerprint density at radius 2 is 1.62 bits per heavy atom. The number of aromatic nitrogens is 1. The van der Waals surface area contributed by atoms with Gasteiger partial charge in [-0.05, 0) is 23.8 Å². The molecule has 0 aliphatic rings. The summed E-state index contributed by atoms with van der Waals surface area (Å²) in [6, 6.07) is 32.5. The van der Waals surface area contributed by atoms with Gasteiger partial charge in [-0.25, -0.2) is 4.98 Å². The Morgan fingerprint density at radius 3 is 2.54 bits per heavy atom. The van der Waals surface area contributed by atoms with E-state index in [0.29, 0.717) is 0 Å². The van der Waals surface area contributed by atoms with Gasteiger partial charge < -0.3 is 0 Å². The molecule has 0 aliphatic carbocycles. The zero-order valence-electron chi connectivity index (χ0n) is 13.1. The predicted molar refractivity (Wildman–Crippen MR) is 102 cm³/mol. The van der Waals surface area contributed by atoms with Crippen molar-refractivity contribution in [3.05, 3.63) is 96.6 Å². The lowest BCUT2D eigenvalue weighted by molar-refractivity contribution is 1.32. The number of pyridine rings is 1. The van der Waals surface area contributed by atoms with Gasteiger partial charge >= 0.3 is 0 Å². The first-order chi connectivity index (χ1) is 11.9. The van der Waals surface area contributed by atoms with Gasteiger partial charge in [-0.15, -0.1) is 11.8 Å². The van der Waals surface area contributed by atoms with E-state index >= 15 is 0 Å². The van der Waals surface area contributed by atoms with E-state index in [9.17, 15) is 0 Å². The van der Waals surface area contributed by atoms with Crippen LogP contribution >= 0.6 is 11.8 Å². The number of hydrogen-bond donors (Lipinski definition) is 0. The van der Waals surface area contributed by atoms with E-state index in [-0.39, 0.29) is 0 Å². The second-order valence-electron chi connectivity index (χ2n) is 5.58. The van der Waals surface area contributed by atoms with E-state index in [2.05, 4.69) is 60.7 Å². The van der Waals surface area contributed by atoms with Gasteiger partial charge in [-0.1, -0.05) is 72.8 Å². The fraction of sp³-hybridized carbons (Fsp3) is 0.0455. The molecule has 115 valence electrons. The van der Waals surface area contributed by atoms with Crippen LogP contribution in [0.4, 0.5) is 0 Å². The number of nitrogens with zero attached hydrogens (tertiary/aromatic N) is 1. The minimum atomic E-state index is 0.932. The van der Waals surface area contributed by atoms with Gasteiger partial charge in [0.05, 0.1) is 11.2 Å². The van der Waals surface area contributed by atoms with Crippen LogP contribution in [0.25, 0.3) is 22.2 Å². The number of para-hydroxylation sites is 1. The summed E-state index contributed by atoms with van der Waals surface area (Å²) in [6.45, 7) is 0.